The van der Waals surface area contributed by atoms with E-state index in [4.69, 9.17) is 23.7 Å². The number of aliphatic hydroxyl groups excluding tert-OH is 2. The first-order valence-corrected chi connectivity index (χ1v) is 31.5. The second kappa shape index (κ2) is 56.8. The largest absolute Gasteiger partial charge is 0.479 e. The molecular weight excluding hydrogens is 1040 g/mol. The molecule has 1 rings (SSSR count). The van der Waals surface area contributed by atoms with Crippen LogP contribution in [0.2, 0.25) is 0 Å². The average Bonchev–Trinajstić information content (AvgIpc) is 3.57. The molecule has 3 N–H and O–H groups in total. The van der Waals surface area contributed by atoms with Gasteiger partial charge in [0, 0.05) is 19.3 Å². The average molecular weight is 1150 g/mol. The van der Waals surface area contributed by atoms with E-state index in [0.29, 0.717) is 32.1 Å². The number of aliphatic hydroxyl groups is 2. The van der Waals surface area contributed by atoms with E-state index in [-0.39, 0.29) is 25.9 Å². The first kappa shape index (κ1) is 75.4. The lowest BCUT2D eigenvalue weighted by atomic mass is 9.98. The molecule has 464 valence electrons. The van der Waals surface area contributed by atoms with Crippen LogP contribution in [0.25, 0.3) is 0 Å². The summed E-state index contributed by atoms with van der Waals surface area (Å²) in [5, 5.41) is 31.5. The van der Waals surface area contributed by atoms with Gasteiger partial charge in [-0.15, -0.1) is 0 Å². The van der Waals surface area contributed by atoms with Crippen LogP contribution in [0.5, 0.6) is 0 Å². The molecule has 0 spiro atoms. The molecule has 83 heavy (non-hydrogen) atoms. The standard InChI is InChI=1S/C71H108O12/c1-4-7-10-13-16-19-22-25-28-30-32-34-37-39-42-45-48-51-54-57-63(72)79-60-62(81-64(73)58-55-52-49-46-43-40-36-27-24-21-18-15-12-9-6-3)61-80-71-69(67(76)66(75)68(83-71)70(77)78)82-65(74)59-56-53-50-47-44-41-38-35-33-31-29-26-23-20-17-14-11-8-5-2/h7-8,10-11,16-17,19-20,25-29,32-36,39,41-42,44,48,50-51,53,62,66-69,71,75-76H,4-6,9,12-15,18,21-24,30-31,37-38,40,43,45-47,49,52,54-61H2,1-3H3,(H,77,78)/b10-7-,11-8-,19-16-,20-17-,28-25-,29-26-,34-32-,35-33-,36-27-,42-39-,44-41-,51-48-,53-50-. The number of unbranched alkanes of at least 4 members (excludes halogenated alkanes) is 11. The van der Waals surface area contributed by atoms with Crippen molar-refractivity contribution in [2.45, 2.75) is 250 Å². The third-order valence-corrected chi connectivity index (χ3v) is 13.1. The lowest BCUT2D eigenvalue weighted by molar-refractivity contribution is -0.301. The second-order valence-electron chi connectivity index (χ2n) is 20.6. The van der Waals surface area contributed by atoms with Gasteiger partial charge in [-0.3, -0.25) is 14.4 Å². The van der Waals surface area contributed by atoms with Gasteiger partial charge < -0.3 is 39.0 Å². The van der Waals surface area contributed by atoms with E-state index in [0.717, 1.165) is 103 Å². The van der Waals surface area contributed by atoms with E-state index in [2.05, 4.69) is 148 Å². The molecule has 0 aromatic heterocycles. The minimum Gasteiger partial charge on any atom is -0.479 e. The summed E-state index contributed by atoms with van der Waals surface area (Å²) in [5.41, 5.74) is 0. The van der Waals surface area contributed by atoms with Crippen LogP contribution in [-0.2, 0) is 42.9 Å². The highest BCUT2D eigenvalue weighted by atomic mass is 16.7. The van der Waals surface area contributed by atoms with Crippen molar-refractivity contribution in [3.05, 3.63) is 158 Å². The predicted molar refractivity (Wildman–Crippen MR) is 339 cm³/mol. The second-order valence-corrected chi connectivity index (χ2v) is 20.6. The van der Waals surface area contributed by atoms with Gasteiger partial charge in [0.15, 0.2) is 24.6 Å². The van der Waals surface area contributed by atoms with E-state index in [1.54, 1.807) is 0 Å². The van der Waals surface area contributed by atoms with Gasteiger partial charge in [-0.2, -0.15) is 0 Å². The predicted octanol–water partition coefficient (Wildman–Crippen LogP) is 16.9. The van der Waals surface area contributed by atoms with Gasteiger partial charge in [0.05, 0.1) is 6.61 Å². The summed E-state index contributed by atoms with van der Waals surface area (Å²) in [5.74, 6) is -3.38. The van der Waals surface area contributed by atoms with Crippen LogP contribution in [0.3, 0.4) is 0 Å². The van der Waals surface area contributed by atoms with Crippen LogP contribution in [0.1, 0.15) is 213 Å². The Labute approximate surface area is 501 Å². The summed E-state index contributed by atoms with van der Waals surface area (Å²) in [6.07, 6.45) is 70.8. The molecule has 12 heteroatoms. The van der Waals surface area contributed by atoms with Crippen molar-refractivity contribution in [1.82, 2.24) is 0 Å². The number of carboxylic acids is 1. The quantitative estimate of drug-likeness (QED) is 0.0228. The number of aliphatic carboxylic acids is 1. The highest BCUT2D eigenvalue weighted by molar-refractivity contribution is 5.74. The van der Waals surface area contributed by atoms with E-state index in [1.807, 2.05) is 30.4 Å². The Morgan fingerprint density at radius 3 is 1.20 bits per heavy atom. The zero-order valence-corrected chi connectivity index (χ0v) is 51.1. The van der Waals surface area contributed by atoms with Gasteiger partial charge in [0.25, 0.3) is 0 Å². The van der Waals surface area contributed by atoms with Crippen LogP contribution in [0.15, 0.2) is 158 Å². The van der Waals surface area contributed by atoms with Crippen LogP contribution in [0.4, 0.5) is 0 Å². The third kappa shape index (κ3) is 46.4. The number of hydrogen-bond acceptors (Lipinski definition) is 11. The Morgan fingerprint density at radius 2 is 0.783 bits per heavy atom. The SMILES string of the molecule is CC/C=C\C/C=C\C/C=C\C/C=C\C/C=C\C/C=C\CCC(=O)OCC(COC1OC(C(=O)O)C(O)C(O)C1OC(=O)CC/C=C\C/C=C\C/C=C\C/C=C\C/C=C\C/C=C\CC)OC(=O)CCCCCCC/C=C\CCCCCCCC. The maximum atomic E-state index is 13.2. The summed E-state index contributed by atoms with van der Waals surface area (Å²) in [7, 11) is 0. The normalized spacial score (nSPS) is 18.7. The number of carbonyl (C=O) groups excluding carboxylic acids is 3. The molecule has 0 bridgehead atoms. The fourth-order valence-corrected chi connectivity index (χ4v) is 8.35. The number of ether oxygens (including phenoxy) is 5. The molecule has 1 aliphatic rings. The summed E-state index contributed by atoms with van der Waals surface area (Å²) >= 11 is 0. The van der Waals surface area contributed by atoms with Crippen LogP contribution in [0, 0.1) is 0 Å². The fourth-order valence-electron chi connectivity index (χ4n) is 8.35. The molecular formula is C71H108O12. The molecule has 1 saturated heterocycles. The van der Waals surface area contributed by atoms with Crippen molar-refractivity contribution in [1.29, 1.82) is 0 Å². The highest BCUT2D eigenvalue weighted by Gasteiger charge is 2.50. The van der Waals surface area contributed by atoms with E-state index in [9.17, 15) is 34.5 Å². The topological polar surface area (TPSA) is 175 Å². The fraction of sp³-hybridized carbons (Fsp3) is 0.577. The van der Waals surface area contributed by atoms with Crippen molar-refractivity contribution in [3.63, 3.8) is 0 Å². The Kier molecular flexibility index (Phi) is 51.6. The zero-order chi connectivity index (χ0) is 60.3. The Balaban J connectivity index is 2.78. The number of rotatable bonds is 51. The number of hydrogen-bond donors (Lipinski definition) is 3. The molecule has 0 radical (unpaired) electrons. The number of carboxylic acid groups (broad SMARTS) is 1. The van der Waals surface area contributed by atoms with Crippen molar-refractivity contribution in [3.8, 4) is 0 Å². The molecule has 0 aromatic rings. The van der Waals surface area contributed by atoms with E-state index in [1.165, 1.54) is 38.5 Å². The van der Waals surface area contributed by atoms with E-state index >= 15 is 0 Å². The molecule has 1 fully saturated rings. The zero-order valence-electron chi connectivity index (χ0n) is 51.1. The van der Waals surface area contributed by atoms with Crippen LogP contribution >= 0.6 is 0 Å². The van der Waals surface area contributed by atoms with Crippen molar-refractivity contribution < 1.29 is 58.2 Å². The van der Waals surface area contributed by atoms with Crippen molar-refractivity contribution >= 4 is 23.9 Å². The minimum atomic E-state index is -1.95. The number of carbonyl (C=O) groups is 4. The summed E-state index contributed by atoms with van der Waals surface area (Å²) in [6, 6.07) is 0. The molecule has 0 amide bonds. The van der Waals surface area contributed by atoms with Gasteiger partial charge in [-0.1, -0.05) is 230 Å². The van der Waals surface area contributed by atoms with Crippen LogP contribution in [-0.4, -0.2) is 89.2 Å². The molecule has 12 nitrogen and oxygen atoms in total. The number of allylic oxidation sites excluding steroid dienone is 26. The van der Waals surface area contributed by atoms with E-state index < -0.39 is 67.3 Å². The first-order chi connectivity index (χ1) is 40.6. The molecule has 1 aliphatic heterocycles. The Morgan fingerprint density at radius 1 is 0.410 bits per heavy atom. The molecule has 6 unspecified atom stereocenters. The summed E-state index contributed by atoms with van der Waals surface area (Å²) in [6.45, 7) is 5.65. The molecule has 0 aromatic carbocycles. The maximum absolute atomic E-state index is 13.2. The smallest absolute Gasteiger partial charge is 0.335 e. The maximum Gasteiger partial charge on any atom is 0.335 e. The molecule has 0 saturated carbocycles. The monoisotopic (exact) mass is 1150 g/mol. The number of esters is 3. The lowest BCUT2D eigenvalue weighted by Crippen LogP contribution is -2.61. The van der Waals surface area contributed by atoms with Crippen molar-refractivity contribution in [2.75, 3.05) is 13.2 Å². The van der Waals surface area contributed by atoms with Gasteiger partial charge in [-0.05, 0) is 122 Å². The van der Waals surface area contributed by atoms with Gasteiger partial charge >= 0.3 is 23.9 Å². The highest BCUT2D eigenvalue weighted by Crippen LogP contribution is 2.26. The third-order valence-electron chi connectivity index (χ3n) is 13.1. The molecule has 0 aliphatic carbocycles. The van der Waals surface area contributed by atoms with Gasteiger partial charge in [0.2, 0.25) is 0 Å². The Hall–Kier alpha value is -5.66. The molecule has 6 atom stereocenters. The lowest BCUT2D eigenvalue weighted by Gasteiger charge is -2.40. The van der Waals surface area contributed by atoms with Crippen molar-refractivity contribution in [2.24, 2.45) is 0 Å². The first-order valence-electron chi connectivity index (χ1n) is 31.5. The summed E-state index contributed by atoms with van der Waals surface area (Å²) < 4.78 is 28.3. The summed E-state index contributed by atoms with van der Waals surface area (Å²) in [4.78, 5) is 51.2. The van der Waals surface area contributed by atoms with Gasteiger partial charge in [0.1, 0.15) is 18.8 Å². The Bertz CT molecular complexity index is 2050. The van der Waals surface area contributed by atoms with Gasteiger partial charge in [-0.25, -0.2) is 4.79 Å². The van der Waals surface area contributed by atoms with Crippen LogP contribution < -0.4 is 0 Å². The molecule has 1 heterocycles. The minimum absolute atomic E-state index is 0.0747.